The Morgan fingerprint density at radius 1 is 1.43 bits per heavy atom. The van der Waals surface area contributed by atoms with Crippen LogP contribution in [-0.4, -0.2) is 0 Å². The molecule has 0 atom stereocenters. The summed E-state index contributed by atoms with van der Waals surface area (Å²) in [4.78, 5) is 1.15. The first kappa shape index (κ1) is 10.2. The van der Waals surface area contributed by atoms with Crippen LogP contribution in [0.5, 0.6) is 0 Å². The molecule has 1 aromatic carbocycles. The molecule has 0 bridgehead atoms. The van der Waals surface area contributed by atoms with Gasteiger partial charge in [-0.3, -0.25) is 0 Å². The number of halogens is 2. The van der Waals surface area contributed by atoms with Gasteiger partial charge in [-0.25, -0.2) is 0 Å². The highest BCUT2D eigenvalue weighted by Crippen LogP contribution is 2.31. The SMILES string of the molecule is N#Cc1cc(I)c2cc(CCl)sc2c1. The molecule has 0 saturated heterocycles. The van der Waals surface area contributed by atoms with E-state index in [4.69, 9.17) is 16.9 Å². The van der Waals surface area contributed by atoms with Crippen molar-refractivity contribution in [3.63, 3.8) is 0 Å². The smallest absolute Gasteiger partial charge is 0.0992 e. The first-order valence-corrected chi connectivity index (χ1v) is 6.35. The van der Waals surface area contributed by atoms with Crippen LogP contribution < -0.4 is 0 Å². The number of hydrogen-bond donors (Lipinski definition) is 0. The second kappa shape index (κ2) is 4.05. The Bertz CT molecular complexity index is 527. The first-order valence-electron chi connectivity index (χ1n) is 3.92. The lowest BCUT2D eigenvalue weighted by Crippen LogP contribution is -1.76. The minimum Gasteiger partial charge on any atom is -0.192 e. The highest BCUT2D eigenvalue weighted by Gasteiger charge is 2.06. The van der Waals surface area contributed by atoms with Gasteiger partial charge in [0.2, 0.25) is 0 Å². The van der Waals surface area contributed by atoms with Crippen molar-refractivity contribution in [1.82, 2.24) is 0 Å². The number of nitriles is 1. The summed E-state index contributed by atoms with van der Waals surface area (Å²) in [6.45, 7) is 0. The van der Waals surface area contributed by atoms with E-state index in [0.29, 0.717) is 11.4 Å². The highest BCUT2D eigenvalue weighted by molar-refractivity contribution is 14.1. The van der Waals surface area contributed by atoms with Crippen molar-refractivity contribution in [2.75, 3.05) is 0 Å². The Hall–Kier alpha value is -0.310. The molecule has 1 heterocycles. The van der Waals surface area contributed by atoms with Crippen LogP contribution in [0.3, 0.4) is 0 Å². The van der Waals surface area contributed by atoms with Crippen molar-refractivity contribution in [1.29, 1.82) is 5.26 Å². The standard InChI is InChI=1S/C10H5ClINS/c11-4-7-3-8-9(12)1-6(5-13)2-10(8)14-7/h1-3H,4H2. The predicted octanol–water partition coefficient (Wildman–Crippen LogP) is 4.12. The fourth-order valence-corrected chi connectivity index (χ4v) is 3.46. The van der Waals surface area contributed by atoms with Crippen LogP contribution in [0.1, 0.15) is 10.4 Å². The molecule has 0 radical (unpaired) electrons. The summed E-state index contributed by atoms with van der Waals surface area (Å²) in [5.74, 6) is 0.539. The monoisotopic (exact) mass is 333 g/mol. The molecule has 0 aliphatic carbocycles. The Balaban J connectivity index is 2.75. The van der Waals surface area contributed by atoms with Gasteiger partial charge in [-0.1, -0.05) is 0 Å². The molecule has 0 N–H and O–H groups in total. The third kappa shape index (κ3) is 1.74. The zero-order valence-electron chi connectivity index (χ0n) is 7.05. The average molecular weight is 334 g/mol. The summed E-state index contributed by atoms with van der Waals surface area (Å²) in [6, 6.07) is 8.06. The molecule has 0 aliphatic heterocycles. The van der Waals surface area contributed by atoms with Gasteiger partial charge in [-0.2, -0.15) is 5.26 Å². The molecule has 4 heteroatoms. The molecule has 0 fully saturated rings. The molecule has 2 rings (SSSR count). The molecule has 2 aromatic rings. The first-order chi connectivity index (χ1) is 6.74. The Labute approximate surface area is 104 Å². The Morgan fingerprint density at radius 2 is 2.21 bits per heavy atom. The van der Waals surface area contributed by atoms with E-state index >= 15 is 0 Å². The molecule has 1 nitrogen and oxygen atoms in total. The average Bonchev–Trinajstić information content (AvgIpc) is 2.61. The number of hydrogen-bond acceptors (Lipinski definition) is 2. The van der Waals surface area contributed by atoms with Crippen LogP contribution >= 0.6 is 45.5 Å². The van der Waals surface area contributed by atoms with Gasteiger partial charge in [-0.05, 0) is 40.8 Å². The van der Waals surface area contributed by atoms with Crippen LogP contribution in [0, 0.1) is 14.9 Å². The maximum atomic E-state index is 8.81. The third-order valence-corrected chi connectivity index (χ3v) is 4.32. The van der Waals surface area contributed by atoms with Crippen molar-refractivity contribution in [3.8, 4) is 6.07 Å². The molecule has 70 valence electrons. The topological polar surface area (TPSA) is 23.8 Å². The van der Waals surface area contributed by atoms with Crippen molar-refractivity contribution in [2.45, 2.75) is 5.88 Å². The van der Waals surface area contributed by atoms with Crippen molar-refractivity contribution in [2.24, 2.45) is 0 Å². The normalized spacial score (nSPS) is 10.4. The van der Waals surface area contributed by atoms with Crippen molar-refractivity contribution in [3.05, 3.63) is 32.2 Å². The fraction of sp³-hybridized carbons (Fsp3) is 0.100. The minimum atomic E-state index is 0.539. The van der Waals surface area contributed by atoms with Crippen molar-refractivity contribution >= 4 is 55.6 Å². The molecular weight excluding hydrogens is 329 g/mol. The summed E-state index contributed by atoms with van der Waals surface area (Å²) in [7, 11) is 0. The van der Waals surface area contributed by atoms with Gasteiger partial charge >= 0.3 is 0 Å². The van der Waals surface area contributed by atoms with Crippen LogP contribution in [0.25, 0.3) is 10.1 Å². The van der Waals surface area contributed by atoms with Crippen LogP contribution in [-0.2, 0) is 5.88 Å². The lowest BCUT2D eigenvalue weighted by molar-refractivity contribution is 1.49. The van der Waals surface area contributed by atoms with Gasteiger partial charge in [-0.15, -0.1) is 22.9 Å². The number of rotatable bonds is 1. The van der Waals surface area contributed by atoms with Crippen LogP contribution in [0.2, 0.25) is 0 Å². The Morgan fingerprint density at radius 3 is 2.86 bits per heavy atom. The number of thiophene rings is 1. The highest BCUT2D eigenvalue weighted by atomic mass is 127. The lowest BCUT2D eigenvalue weighted by Gasteiger charge is -1.94. The lowest BCUT2D eigenvalue weighted by atomic mass is 10.2. The predicted molar refractivity (Wildman–Crippen MR) is 68.8 cm³/mol. The number of alkyl halides is 1. The molecular formula is C10H5ClINS. The van der Waals surface area contributed by atoms with E-state index in [1.54, 1.807) is 11.3 Å². The largest absolute Gasteiger partial charge is 0.192 e. The second-order valence-corrected chi connectivity index (χ2v) is 5.43. The quantitative estimate of drug-likeness (QED) is 0.569. The van der Waals surface area contributed by atoms with Gasteiger partial charge in [0.05, 0.1) is 17.5 Å². The maximum absolute atomic E-state index is 8.81. The van der Waals surface area contributed by atoms with Crippen LogP contribution in [0.4, 0.5) is 0 Å². The molecule has 0 amide bonds. The minimum absolute atomic E-state index is 0.539. The summed E-state index contributed by atoms with van der Waals surface area (Å²) in [5.41, 5.74) is 0.713. The van der Waals surface area contributed by atoms with Gasteiger partial charge in [0.1, 0.15) is 0 Å². The molecule has 1 aromatic heterocycles. The third-order valence-electron chi connectivity index (χ3n) is 1.90. The Kier molecular flexibility index (Phi) is 2.96. The van der Waals surface area contributed by atoms with E-state index in [9.17, 15) is 0 Å². The van der Waals surface area contributed by atoms with Gasteiger partial charge in [0.25, 0.3) is 0 Å². The molecule has 0 aliphatic rings. The van der Waals surface area contributed by atoms with E-state index in [-0.39, 0.29) is 0 Å². The fourth-order valence-electron chi connectivity index (χ4n) is 1.28. The van der Waals surface area contributed by atoms with Gasteiger partial charge in [0, 0.05) is 18.5 Å². The van der Waals surface area contributed by atoms with E-state index < -0.39 is 0 Å². The molecule has 0 saturated carbocycles. The van der Waals surface area contributed by atoms with Crippen LogP contribution in [0.15, 0.2) is 18.2 Å². The maximum Gasteiger partial charge on any atom is 0.0992 e. The second-order valence-electron chi connectivity index (χ2n) is 2.83. The summed E-state index contributed by atoms with van der Waals surface area (Å²) in [5, 5.41) is 10.0. The van der Waals surface area contributed by atoms with E-state index in [0.717, 1.165) is 13.1 Å². The number of nitrogens with zero attached hydrogens (tertiary/aromatic N) is 1. The summed E-state index contributed by atoms with van der Waals surface area (Å²) in [6.07, 6.45) is 0. The van der Waals surface area contributed by atoms with E-state index in [1.165, 1.54) is 5.39 Å². The number of fused-ring (bicyclic) bond motifs is 1. The zero-order chi connectivity index (χ0) is 10.1. The van der Waals surface area contributed by atoms with E-state index in [2.05, 4.69) is 34.7 Å². The van der Waals surface area contributed by atoms with Crippen molar-refractivity contribution < 1.29 is 0 Å². The van der Waals surface area contributed by atoms with E-state index in [1.807, 2.05) is 12.1 Å². The molecule has 0 spiro atoms. The summed E-state index contributed by atoms with van der Waals surface area (Å²) < 4.78 is 2.26. The van der Waals surface area contributed by atoms with Gasteiger partial charge in [0.15, 0.2) is 0 Å². The number of benzene rings is 1. The van der Waals surface area contributed by atoms with Gasteiger partial charge < -0.3 is 0 Å². The molecule has 0 unspecified atom stereocenters. The molecule has 14 heavy (non-hydrogen) atoms. The zero-order valence-corrected chi connectivity index (χ0v) is 10.8. The summed E-state index contributed by atoms with van der Waals surface area (Å²) >= 11 is 9.67.